The smallest absolute Gasteiger partial charge is 0.291 e. The van der Waals surface area contributed by atoms with E-state index in [1.54, 1.807) is 11.1 Å². The van der Waals surface area contributed by atoms with Crippen molar-refractivity contribution in [3.05, 3.63) is 46.7 Å². The summed E-state index contributed by atoms with van der Waals surface area (Å²) >= 11 is 5.93. The molecule has 3 aromatic rings. The quantitative estimate of drug-likeness (QED) is 0.693. The van der Waals surface area contributed by atoms with E-state index in [1.165, 1.54) is 0 Å². The van der Waals surface area contributed by atoms with Crippen molar-refractivity contribution in [2.75, 3.05) is 18.4 Å². The van der Waals surface area contributed by atoms with E-state index < -0.39 is 0 Å². The first kappa shape index (κ1) is 18.4. The summed E-state index contributed by atoms with van der Waals surface area (Å²) in [5, 5.41) is 4.90. The van der Waals surface area contributed by atoms with Crippen LogP contribution in [0.15, 0.2) is 28.8 Å². The number of carbonyl (C=O) groups is 1. The maximum Gasteiger partial charge on any atom is 0.291 e. The Kier molecular flexibility index (Phi) is 4.24. The summed E-state index contributed by atoms with van der Waals surface area (Å²) in [7, 11) is 0. The van der Waals surface area contributed by atoms with Crippen LogP contribution in [0.1, 0.15) is 54.2 Å². The van der Waals surface area contributed by atoms with E-state index in [2.05, 4.69) is 27.2 Å². The van der Waals surface area contributed by atoms with Gasteiger partial charge in [0.05, 0.1) is 10.4 Å². The Labute approximate surface area is 173 Å². The summed E-state index contributed by atoms with van der Waals surface area (Å²) in [5.74, 6) is 1.60. The number of pyridine rings is 1. The Morgan fingerprint density at radius 2 is 2.17 bits per heavy atom. The predicted octanol–water partition coefficient (Wildman–Crippen LogP) is 4.17. The van der Waals surface area contributed by atoms with Gasteiger partial charge in [0, 0.05) is 36.4 Å². The first-order valence-corrected chi connectivity index (χ1v) is 10.3. The fourth-order valence-corrected chi connectivity index (χ4v) is 3.90. The highest BCUT2D eigenvalue weighted by molar-refractivity contribution is 6.30. The third kappa shape index (κ3) is 3.55. The number of anilines is 1. The lowest BCUT2D eigenvalue weighted by atomic mass is 10.0. The maximum atomic E-state index is 13.2. The number of fused-ring (bicyclic) bond motifs is 1. The Morgan fingerprint density at radius 1 is 1.34 bits per heavy atom. The molecule has 1 amide bonds. The van der Waals surface area contributed by atoms with Gasteiger partial charge in [-0.1, -0.05) is 11.6 Å². The van der Waals surface area contributed by atoms with Crippen molar-refractivity contribution in [2.45, 2.75) is 44.6 Å². The van der Waals surface area contributed by atoms with Crippen molar-refractivity contribution < 1.29 is 9.21 Å². The molecule has 0 radical (unpaired) electrons. The van der Waals surface area contributed by atoms with Gasteiger partial charge in [0.25, 0.3) is 5.91 Å². The highest BCUT2D eigenvalue weighted by Crippen LogP contribution is 2.39. The van der Waals surface area contributed by atoms with E-state index >= 15 is 0 Å². The van der Waals surface area contributed by atoms with Crippen molar-refractivity contribution in [3.63, 3.8) is 0 Å². The number of nitrogens with one attached hydrogen (secondary N) is 1. The van der Waals surface area contributed by atoms with Crippen LogP contribution in [0.4, 0.5) is 5.82 Å². The first-order chi connectivity index (χ1) is 13.9. The molecule has 1 atom stereocenters. The molecule has 2 fully saturated rings. The lowest BCUT2D eigenvalue weighted by Crippen LogP contribution is -2.30. The van der Waals surface area contributed by atoms with Crippen LogP contribution in [0, 0.1) is 6.92 Å². The predicted molar refractivity (Wildman–Crippen MR) is 110 cm³/mol. The Bertz CT molecular complexity index is 1090. The molecule has 5 rings (SSSR count). The van der Waals surface area contributed by atoms with Crippen LogP contribution >= 0.6 is 11.6 Å². The molecule has 150 valence electrons. The largest absolute Gasteiger partial charge is 0.443 e. The van der Waals surface area contributed by atoms with E-state index in [0.717, 1.165) is 36.1 Å². The molecule has 29 heavy (non-hydrogen) atoms. The van der Waals surface area contributed by atoms with Crippen LogP contribution in [0.3, 0.4) is 0 Å². The van der Waals surface area contributed by atoms with Crippen LogP contribution in [-0.2, 0) is 0 Å². The van der Waals surface area contributed by atoms with Crippen LogP contribution in [-0.4, -0.2) is 44.4 Å². The lowest BCUT2D eigenvalue weighted by molar-refractivity contribution is 0.0778. The third-order valence-electron chi connectivity index (χ3n) is 5.77. The van der Waals surface area contributed by atoms with Crippen LogP contribution < -0.4 is 5.32 Å². The zero-order chi connectivity index (χ0) is 20.2. The molecule has 3 aromatic heterocycles. The van der Waals surface area contributed by atoms with Gasteiger partial charge in [0.1, 0.15) is 11.6 Å². The average molecular weight is 412 g/mol. The van der Waals surface area contributed by atoms with Crippen molar-refractivity contribution >= 4 is 34.4 Å². The number of aromatic nitrogens is 3. The molecule has 1 aliphatic carbocycles. The van der Waals surface area contributed by atoms with E-state index in [-0.39, 0.29) is 23.2 Å². The number of hydrogen-bond acceptors (Lipinski definition) is 6. The minimum atomic E-state index is -0.179. The van der Waals surface area contributed by atoms with Crippen LogP contribution in [0.5, 0.6) is 0 Å². The number of rotatable bonds is 4. The number of hydrogen-bond donors (Lipinski definition) is 1. The summed E-state index contributed by atoms with van der Waals surface area (Å²) < 4.78 is 5.71. The molecule has 1 N–H and O–H groups in total. The number of furan rings is 1. The summed E-state index contributed by atoms with van der Waals surface area (Å²) in [6, 6.07) is 5.67. The topological polar surface area (TPSA) is 84.2 Å². The fourth-order valence-electron chi connectivity index (χ4n) is 3.79. The number of aryl methyl sites for hydroxylation is 1. The minimum Gasteiger partial charge on any atom is -0.443 e. The second-order valence-corrected chi connectivity index (χ2v) is 8.73. The minimum absolute atomic E-state index is 0.0335. The summed E-state index contributed by atoms with van der Waals surface area (Å²) in [6.45, 7) is 5.26. The van der Waals surface area contributed by atoms with Crippen LogP contribution in [0.25, 0.3) is 11.1 Å². The number of carbonyl (C=O) groups excluding carboxylic acids is 1. The normalized spacial score (nSPS) is 20.2. The van der Waals surface area contributed by atoms with Gasteiger partial charge in [-0.15, -0.1) is 0 Å². The Hall–Kier alpha value is -2.67. The molecule has 2 aliphatic rings. The van der Waals surface area contributed by atoms with Gasteiger partial charge in [-0.05, 0) is 51.3 Å². The molecule has 4 heterocycles. The lowest BCUT2D eigenvalue weighted by Gasteiger charge is -2.17. The highest BCUT2D eigenvalue weighted by atomic mass is 35.5. The molecule has 0 bridgehead atoms. The van der Waals surface area contributed by atoms with Gasteiger partial charge in [-0.25, -0.2) is 4.98 Å². The van der Waals surface area contributed by atoms with E-state index in [0.29, 0.717) is 29.6 Å². The maximum absolute atomic E-state index is 13.2. The summed E-state index contributed by atoms with van der Waals surface area (Å²) in [5.41, 5.74) is 1.43. The van der Waals surface area contributed by atoms with E-state index in [4.69, 9.17) is 16.0 Å². The van der Waals surface area contributed by atoms with Gasteiger partial charge in [0.15, 0.2) is 0 Å². The number of halogens is 1. The second kappa shape index (κ2) is 6.69. The SMILES string of the molecule is Cc1cc2c(NC3(C)CC3)nc(C(=O)N3CCC(c4ccc(Cl)cn4)C3)nc2o1. The molecule has 8 heteroatoms. The van der Waals surface area contributed by atoms with E-state index in [9.17, 15) is 4.79 Å². The van der Waals surface area contributed by atoms with E-state index in [1.807, 2.05) is 25.1 Å². The Balaban J connectivity index is 1.41. The summed E-state index contributed by atoms with van der Waals surface area (Å²) in [6.07, 6.45) is 4.67. The fraction of sp³-hybridized carbons (Fsp3) is 0.429. The molecule has 1 saturated heterocycles. The van der Waals surface area contributed by atoms with Gasteiger partial charge < -0.3 is 14.6 Å². The zero-order valence-corrected chi connectivity index (χ0v) is 17.2. The monoisotopic (exact) mass is 411 g/mol. The average Bonchev–Trinajstić information content (AvgIpc) is 3.08. The molecule has 0 aromatic carbocycles. The molecular weight excluding hydrogens is 390 g/mol. The highest BCUT2D eigenvalue weighted by Gasteiger charge is 2.38. The molecular formula is C21H22ClN5O2. The zero-order valence-electron chi connectivity index (χ0n) is 16.4. The third-order valence-corrected chi connectivity index (χ3v) is 5.99. The second-order valence-electron chi connectivity index (χ2n) is 8.30. The van der Waals surface area contributed by atoms with Gasteiger partial charge in [-0.2, -0.15) is 4.98 Å². The van der Waals surface area contributed by atoms with Gasteiger partial charge in [-0.3, -0.25) is 9.78 Å². The standard InChI is InChI=1S/C21H22ClN5O2/c1-12-9-15-17(26-21(2)6-7-21)24-18(25-19(15)29-12)20(28)27-8-5-13(11-27)16-4-3-14(22)10-23-16/h3-4,9-10,13H,5-8,11H2,1-2H3,(H,24,25,26). The molecule has 1 unspecified atom stereocenters. The first-order valence-electron chi connectivity index (χ1n) is 9.87. The van der Waals surface area contributed by atoms with Crippen molar-refractivity contribution in [3.8, 4) is 0 Å². The van der Waals surface area contributed by atoms with Crippen molar-refractivity contribution in [1.29, 1.82) is 0 Å². The van der Waals surface area contributed by atoms with Crippen molar-refractivity contribution in [1.82, 2.24) is 19.9 Å². The van der Waals surface area contributed by atoms with Gasteiger partial charge in [0.2, 0.25) is 11.5 Å². The molecule has 1 aliphatic heterocycles. The van der Waals surface area contributed by atoms with Crippen molar-refractivity contribution in [2.24, 2.45) is 0 Å². The Morgan fingerprint density at radius 3 is 2.90 bits per heavy atom. The summed E-state index contributed by atoms with van der Waals surface area (Å²) in [4.78, 5) is 28.4. The molecule has 7 nitrogen and oxygen atoms in total. The molecule has 0 spiro atoms. The number of nitrogens with zero attached hydrogens (tertiary/aromatic N) is 4. The molecule has 1 saturated carbocycles. The number of likely N-dealkylation sites (tertiary alicyclic amines) is 1. The van der Waals surface area contributed by atoms with Crippen LogP contribution in [0.2, 0.25) is 5.02 Å². The van der Waals surface area contributed by atoms with Gasteiger partial charge >= 0.3 is 0 Å². The number of amides is 1.